The van der Waals surface area contributed by atoms with Gasteiger partial charge in [0.05, 0.1) is 13.2 Å². The molecule has 1 aliphatic heterocycles. The number of nitrogens with zero attached hydrogens (tertiary/aromatic N) is 1. The van der Waals surface area contributed by atoms with Crippen LogP contribution in [0.4, 0.5) is 4.79 Å². The van der Waals surface area contributed by atoms with Gasteiger partial charge in [-0.2, -0.15) is 0 Å². The summed E-state index contributed by atoms with van der Waals surface area (Å²) >= 11 is 0. The molecular formula is C22H24N2O3. The van der Waals surface area contributed by atoms with E-state index in [9.17, 15) is 9.59 Å². The van der Waals surface area contributed by atoms with Crippen molar-refractivity contribution in [3.63, 3.8) is 0 Å². The van der Waals surface area contributed by atoms with E-state index in [0.717, 1.165) is 22.4 Å². The molecular weight excluding hydrogens is 340 g/mol. The summed E-state index contributed by atoms with van der Waals surface area (Å²) in [5.74, 6) is 0.924. The topological polar surface area (TPSA) is 58.6 Å². The first-order chi connectivity index (χ1) is 12.9. The molecule has 5 nitrogen and oxygen atoms in total. The van der Waals surface area contributed by atoms with Crippen LogP contribution in [0, 0.1) is 12.8 Å². The van der Waals surface area contributed by atoms with Crippen molar-refractivity contribution >= 4 is 18.0 Å². The van der Waals surface area contributed by atoms with Crippen molar-refractivity contribution in [1.82, 2.24) is 10.2 Å². The van der Waals surface area contributed by atoms with E-state index in [2.05, 4.69) is 19.2 Å². The number of aryl methyl sites for hydroxylation is 1. The number of hydrogen-bond donors (Lipinski definition) is 1. The minimum atomic E-state index is -0.398. The first-order valence-corrected chi connectivity index (χ1v) is 9.05. The molecule has 0 spiro atoms. The molecule has 1 saturated heterocycles. The number of urea groups is 1. The minimum Gasteiger partial charge on any atom is -0.493 e. The number of hydrogen-bond acceptors (Lipinski definition) is 3. The molecule has 2 aromatic carbocycles. The Balaban J connectivity index is 1.70. The van der Waals surface area contributed by atoms with E-state index in [1.165, 1.54) is 4.90 Å². The van der Waals surface area contributed by atoms with Gasteiger partial charge in [0.15, 0.2) is 0 Å². The van der Waals surface area contributed by atoms with Crippen LogP contribution in [0.2, 0.25) is 0 Å². The van der Waals surface area contributed by atoms with Crippen LogP contribution in [0.5, 0.6) is 5.75 Å². The van der Waals surface area contributed by atoms with Crippen LogP contribution in [0.15, 0.2) is 54.2 Å². The minimum absolute atomic E-state index is 0.256. The van der Waals surface area contributed by atoms with E-state index in [1.54, 1.807) is 6.08 Å². The van der Waals surface area contributed by atoms with Gasteiger partial charge in [-0.25, -0.2) is 4.79 Å². The summed E-state index contributed by atoms with van der Waals surface area (Å²) in [6, 6.07) is 14.8. The molecule has 0 atom stereocenters. The lowest BCUT2D eigenvalue weighted by atomic mass is 10.1. The third-order valence-corrected chi connectivity index (χ3v) is 4.16. The molecule has 1 fully saturated rings. The molecule has 0 aliphatic carbocycles. The molecule has 0 aromatic heterocycles. The summed E-state index contributed by atoms with van der Waals surface area (Å²) in [6.07, 6.45) is 1.68. The molecule has 3 amide bonds. The van der Waals surface area contributed by atoms with Crippen LogP contribution in [0.1, 0.15) is 30.5 Å². The van der Waals surface area contributed by atoms with Crippen molar-refractivity contribution < 1.29 is 14.3 Å². The molecule has 140 valence electrons. The molecule has 27 heavy (non-hydrogen) atoms. The Morgan fingerprint density at radius 2 is 1.85 bits per heavy atom. The van der Waals surface area contributed by atoms with E-state index in [4.69, 9.17) is 4.74 Å². The van der Waals surface area contributed by atoms with Gasteiger partial charge >= 0.3 is 6.03 Å². The molecule has 1 aliphatic rings. The number of imide groups is 1. The van der Waals surface area contributed by atoms with Crippen molar-refractivity contribution in [2.24, 2.45) is 5.92 Å². The number of rotatable bonds is 6. The lowest BCUT2D eigenvalue weighted by molar-refractivity contribution is -0.123. The largest absolute Gasteiger partial charge is 0.493 e. The van der Waals surface area contributed by atoms with Crippen LogP contribution in [0.25, 0.3) is 6.08 Å². The molecule has 1 heterocycles. The summed E-state index contributed by atoms with van der Waals surface area (Å²) < 4.78 is 5.66. The van der Waals surface area contributed by atoms with Gasteiger partial charge in [-0.1, -0.05) is 55.8 Å². The summed E-state index contributed by atoms with van der Waals surface area (Å²) in [5.41, 5.74) is 3.12. The molecule has 0 bridgehead atoms. The van der Waals surface area contributed by atoms with E-state index in [1.807, 2.05) is 55.5 Å². The maximum absolute atomic E-state index is 12.6. The van der Waals surface area contributed by atoms with Crippen LogP contribution in [-0.2, 0) is 11.3 Å². The summed E-state index contributed by atoms with van der Waals surface area (Å²) in [7, 11) is 0. The Morgan fingerprint density at radius 3 is 2.52 bits per heavy atom. The number of amides is 3. The van der Waals surface area contributed by atoms with Crippen molar-refractivity contribution in [3.05, 3.63) is 70.9 Å². The maximum Gasteiger partial charge on any atom is 0.329 e. The number of carbonyl (C=O) groups excluding carboxylic acids is 2. The zero-order chi connectivity index (χ0) is 19.4. The Labute approximate surface area is 159 Å². The van der Waals surface area contributed by atoms with Crippen molar-refractivity contribution in [1.29, 1.82) is 0 Å². The second-order valence-electron chi connectivity index (χ2n) is 7.14. The summed E-state index contributed by atoms with van der Waals surface area (Å²) in [5, 5.41) is 2.66. The third-order valence-electron chi connectivity index (χ3n) is 4.16. The van der Waals surface area contributed by atoms with E-state index in [0.29, 0.717) is 12.5 Å². The Hall–Kier alpha value is -3.08. The van der Waals surface area contributed by atoms with Gasteiger partial charge in [0.25, 0.3) is 5.91 Å². The van der Waals surface area contributed by atoms with Gasteiger partial charge < -0.3 is 10.1 Å². The van der Waals surface area contributed by atoms with Crippen LogP contribution in [-0.4, -0.2) is 23.4 Å². The normalized spacial score (nSPS) is 15.6. The fraction of sp³-hybridized carbons (Fsp3) is 0.273. The van der Waals surface area contributed by atoms with Gasteiger partial charge in [-0.05, 0) is 42.2 Å². The quantitative estimate of drug-likeness (QED) is 0.619. The first kappa shape index (κ1) is 18.7. The number of benzene rings is 2. The average Bonchev–Trinajstić information content (AvgIpc) is 2.89. The number of nitrogens with one attached hydrogen (secondary N) is 1. The molecule has 0 radical (unpaired) electrons. The molecule has 0 unspecified atom stereocenters. The Kier molecular flexibility index (Phi) is 5.60. The van der Waals surface area contributed by atoms with Crippen molar-refractivity contribution in [2.75, 3.05) is 6.61 Å². The molecule has 5 heteroatoms. The van der Waals surface area contributed by atoms with Gasteiger partial charge in [-0.15, -0.1) is 0 Å². The Morgan fingerprint density at radius 1 is 1.11 bits per heavy atom. The molecule has 0 saturated carbocycles. The highest BCUT2D eigenvalue weighted by Gasteiger charge is 2.33. The maximum atomic E-state index is 12.6. The fourth-order valence-electron chi connectivity index (χ4n) is 2.80. The zero-order valence-corrected chi connectivity index (χ0v) is 15.9. The lowest BCUT2D eigenvalue weighted by Crippen LogP contribution is -2.30. The highest BCUT2D eigenvalue weighted by molar-refractivity contribution is 6.13. The highest BCUT2D eigenvalue weighted by atomic mass is 16.5. The summed E-state index contributed by atoms with van der Waals surface area (Å²) in [6.45, 7) is 7.08. The van der Waals surface area contributed by atoms with Gasteiger partial charge in [0, 0.05) is 0 Å². The molecule has 1 N–H and O–H groups in total. The van der Waals surface area contributed by atoms with Gasteiger partial charge in [0.2, 0.25) is 0 Å². The van der Waals surface area contributed by atoms with Crippen molar-refractivity contribution in [3.8, 4) is 5.75 Å². The molecule has 2 aromatic rings. The SMILES string of the molecule is Cc1cccc(CN2C(=O)N/C(=C/c3ccc(OCC(C)C)cc3)C2=O)c1. The summed E-state index contributed by atoms with van der Waals surface area (Å²) in [4.78, 5) is 26.0. The van der Waals surface area contributed by atoms with Crippen molar-refractivity contribution in [2.45, 2.75) is 27.3 Å². The fourth-order valence-corrected chi connectivity index (χ4v) is 2.80. The Bertz CT molecular complexity index is 869. The number of carbonyl (C=O) groups is 2. The molecule has 3 rings (SSSR count). The van der Waals surface area contributed by atoms with Crippen LogP contribution in [0.3, 0.4) is 0 Å². The van der Waals surface area contributed by atoms with E-state index < -0.39 is 6.03 Å². The first-order valence-electron chi connectivity index (χ1n) is 9.05. The van der Waals surface area contributed by atoms with E-state index in [-0.39, 0.29) is 18.1 Å². The predicted octanol–water partition coefficient (Wildman–Crippen LogP) is 4.12. The lowest BCUT2D eigenvalue weighted by Gasteiger charge is -2.12. The van der Waals surface area contributed by atoms with E-state index >= 15 is 0 Å². The average molecular weight is 364 g/mol. The smallest absolute Gasteiger partial charge is 0.329 e. The monoisotopic (exact) mass is 364 g/mol. The van der Waals surface area contributed by atoms with Crippen LogP contribution >= 0.6 is 0 Å². The van der Waals surface area contributed by atoms with Crippen LogP contribution < -0.4 is 10.1 Å². The van der Waals surface area contributed by atoms with Gasteiger partial charge in [-0.3, -0.25) is 9.69 Å². The van der Waals surface area contributed by atoms with Gasteiger partial charge in [0.1, 0.15) is 11.4 Å². The highest BCUT2D eigenvalue weighted by Crippen LogP contribution is 2.19. The zero-order valence-electron chi connectivity index (χ0n) is 15.9. The number of ether oxygens (including phenoxy) is 1. The third kappa shape index (κ3) is 4.76. The standard InChI is InChI=1S/C22H24N2O3/c1-15(2)14-27-19-9-7-17(8-10-19)12-20-21(25)24(22(26)23-20)13-18-6-4-5-16(3)11-18/h4-12,15H,13-14H2,1-3H3,(H,23,26)/b20-12+. The second-order valence-corrected chi connectivity index (χ2v) is 7.14. The predicted molar refractivity (Wildman–Crippen MR) is 105 cm³/mol. The second kappa shape index (κ2) is 8.08.